The largest absolute Gasteiger partial charge is 0.337 e. The lowest BCUT2D eigenvalue weighted by Gasteiger charge is -2.39. The van der Waals surface area contributed by atoms with E-state index in [1.807, 2.05) is 49.4 Å². The van der Waals surface area contributed by atoms with E-state index in [-0.39, 0.29) is 17.4 Å². The van der Waals surface area contributed by atoms with Gasteiger partial charge in [-0.1, -0.05) is 136 Å². The fourth-order valence-electron chi connectivity index (χ4n) is 7.75. The first kappa shape index (κ1) is 32.6. The molecule has 0 N–H and O–H groups in total. The summed E-state index contributed by atoms with van der Waals surface area (Å²) in [6, 6.07) is 36.2. The van der Waals surface area contributed by atoms with Gasteiger partial charge in [-0.3, -0.25) is 0 Å². The Bertz CT molecular complexity index is 2350. The van der Waals surface area contributed by atoms with Crippen LogP contribution in [0.3, 0.4) is 0 Å². The summed E-state index contributed by atoms with van der Waals surface area (Å²) in [7, 11) is 0. The number of nitrogens with zero attached hydrogens (tertiary/aromatic N) is 2. The summed E-state index contributed by atoms with van der Waals surface area (Å²) in [6.07, 6.45) is 17.5. The fraction of sp³-hybridized carbons (Fsp3) is 0.167. The second kappa shape index (κ2) is 13.2. The summed E-state index contributed by atoms with van der Waals surface area (Å²) in [5.41, 5.74) is 13.3. The van der Waals surface area contributed by atoms with Crippen LogP contribution in [0, 0.1) is 30.1 Å². The molecule has 1 aromatic heterocycles. The van der Waals surface area contributed by atoms with Crippen molar-refractivity contribution in [1.82, 2.24) is 4.57 Å². The molecule has 2 unspecified atom stereocenters. The van der Waals surface area contributed by atoms with Crippen LogP contribution in [0.15, 0.2) is 145 Å². The van der Waals surface area contributed by atoms with Gasteiger partial charge < -0.3 is 9.47 Å². The molecule has 2 atom stereocenters. The van der Waals surface area contributed by atoms with Crippen molar-refractivity contribution in [2.24, 2.45) is 5.92 Å². The molecule has 50 heavy (non-hydrogen) atoms. The Morgan fingerprint density at radius 3 is 2.34 bits per heavy atom. The normalized spacial score (nSPS) is 17.6. The SMILES string of the molecule is C#Cc1c(/C=C\C)n(-c2ccccc2)c2ccc(N(/C(C)=C/C#CC(=C)c3ccccc3)C3C=C4C(=CC3C)c3ccccc3C4(C)C)cc12. The van der Waals surface area contributed by atoms with Gasteiger partial charge in [-0.05, 0) is 84.0 Å². The zero-order chi connectivity index (χ0) is 35.0. The topological polar surface area (TPSA) is 8.17 Å². The lowest BCUT2D eigenvalue weighted by atomic mass is 9.77. The van der Waals surface area contributed by atoms with Crippen LogP contribution in [0.2, 0.25) is 0 Å². The van der Waals surface area contributed by atoms with Crippen LogP contribution >= 0.6 is 0 Å². The molecule has 2 heteroatoms. The predicted molar refractivity (Wildman–Crippen MR) is 214 cm³/mol. The number of rotatable bonds is 6. The molecule has 2 nitrogen and oxygen atoms in total. The van der Waals surface area contributed by atoms with E-state index in [1.165, 1.54) is 22.3 Å². The number of anilines is 1. The standard InChI is InChI=1S/C48H42N2/c1-8-19-45-39(9-2)42-31-38(28-29-46(42)50(45)37-24-14-11-15-25-37)49(35(5)21-18-20-33(3)36-22-12-10-13-23-36)47-32-44-41(30-34(47)4)40-26-16-17-27-43(40)48(44,6)7/h2,8,10-17,19,21-32,34,47H,3H2,1,4-7H3/b19-8-,35-21+. The molecule has 2 aliphatic rings. The molecule has 0 saturated heterocycles. The van der Waals surface area contributed by atoms with Gasteiger partial charge in [-0.15, -0.1) is 6.42 Å². The Morgan fingerprint density at radius 2 is 1.62 bits per heavy atom. The fourth-order valence-corrected chi connectivity index (χ4v) is 7.75. The third-order valence-electron chi connectivity index (χ3n) is 10.2. The first-order valence-corrected chi connectivity index (χ1v) is 17.3. The molecule has 0 spiro atoms. The van der Waals surface area contributed by atoms with Gasteiger partial charge in [0.05, 0.1) is 22.8 Å². The van der Waals surface area contributed by atoms with Gasteiger partial charge in [0.2, 0.25) is 0 Å². The summed E-state index contributed by atoms with van der Waals surface area (Å²) >= 11 is 0. The molecular formula is C48H42N2. The predicted octanol–water partition coefficient (Wildman–Crippen LogP) is 11.4. The lowest BCUT2D eigenvalue weighted by Crippen LogP contribution is -2.39. The Kier molecular flexibility index (Phi) is 8.57. The molecule has 1 heterocycles. The van der Waals surface area contributed by atoms with E-state index in [0.29, 0.717) is 0 Å². The number of terminal acetylenes is 1. The second-order valence-electron chi connectivity index (χ2n) is 13.7. The molecule has 0 radical (unpaired) electrons. The quantitative estimate of drug-likeness (QED) is 0.167. The van der Waals surface area contributed by atoms with Crippen molar-refractivity contribution in [3.05, 3.63) is 173 Å². The summed E-state index contributed by atoms with van der Waals surface area (Å²) in [5.74, 6) is 9.91. The Balaban J connectivity index is 1.40. The van der Waals surface area contributed by atoms with E-state index in [4.69, 9.17) is 6.42 Å². The Morgan fingerprint density at radius 1 is 0.920 bits per heavy atom. The molecule has 2 aliphatic carbocycles. The van der Waals surface area contributed by atoms with E-state index in [0.717, 1.165) is 50.4 Å². The number of benzene rings is 4. The first-order chi connectivity index (χ1) is 24.2. The van der Waals surface area contributed by atoms with Crippen molar-refractivity contribution < 1.29 is 0 Å². The number of hydrogen-bond acceptors (Lipinski definition) is 1. The molecule has 0 amide bonds. The summed E-state index contributed by atoms with van der Waals surface area (Å²) < 4.78 is 2.26. The zero-order valence-electron chi connectivity index (χ0n) is 29.5. The van der Waals surface area contributed by atoms with Crippen molar-refractivity contribution in [3.8, 4) is 29.9 Å². The molecule has 5 aromatic rings. The van der Waals surface area contributed by atoms with E-state index in [2.05, 4.69) is 153 Å². The first-order valence-electron chi connectivity index (χ1n) is 17.3. The van der Waals surface area contributed by atoms with Crippen LogP contribution in [0.1, 0.15) is 62.6 Å². The number of fused-ring (bicyclic) bond motifs is 4. The van der Waals surface area contributed by atoms with Gasteiger partial charge >= 0.3 is 0 Å². The maximum Gasteiger partial charge on any atom is 0.0621 e. The van der Waals surface area contributed by atoms with Crippen molar-refractivity contribution in [2.75, 3.05) is 4.90 Å². The van der Waals surface area contributed by atoms with E-state index >= 15 is 0 Å². The highest BCUT2D eigenvalue weighted by atomic mass is 15.2. The maximum absolute atomic E-state index is 6.30. The minimum Gasteiger partial charge on any atom is -0.337 e. The van der Waals surface area contributed by atoms with Gasteiger partial charge in [0.25, 0.3) is 0 Å². The molecule has 0 fully saturated rings. The van der Waals surface area contributed by atoms with Crippen molar-refractivity contribution >= 4 is 33.8 Å². The monoisotopic (exact) mass is 646 g/mol. The van der Waals surface area contributed by atoms with Crippen LogP contribution in [0.4, 0.5) is 5.69 Å². The molecule has 4 aromatic carbocycles. The number of para-hydroxylation sites is 1. The van der Waals surface area contributed by atoms with Gasteiger partial charge in [-0.25, -0.2) is 0 Å². The van der Waals surface area contributed by atoms with Crippen LogP contribution in [0.25, 0.3) is 33.8 Å². The number of aromatic nitrogens is 1. The second-order valence-corrected chi connectivity index (χ2v) is 13.7. The highest BCUT2D eigenvalue weighted by Gasteiger charge is 2.42. The van der Waals surface area contributed by atoms with E-state index < -0.39 is 0 Å². The molecule has 7 rings (SSSR count). The highest BCUT2D eigenvalue weighted by molar-refractivity contribution is 5.96. The minimum absolute atomic E-state index is 0.0515. The van der Waals surface area contributed by atoms with Gasteiger partial charge in [0.1, 0.15) is 0 Å². The average molecular weight is 647 g/mol. The third-order valence-corrected chi connectivity index (χ3v) is 10.2. The lowest BCUT2D eigenvalue weighted by molar-refractivity contribution is 0.574. The van der Waals surface area contributed by atoms with Crippen molar-refractivity contribution in [1.29, 1.82) is 0 Å². The van der Waals surface area contributed by atoms with Crippen LogP contribution < -0.4 is 4.90 Å². The smallest absolute Gasteiger partial charge is 0.0621 e. The Hall–Kier alpha value is -5.96. The highest BCUT2D eigenvalue weighted by Crippen LogP contribution is 2.52. The molecule has 0 saturated carbocycles. The minimum atomic E-state index is -0.105. The van der Waals surface area contributed by atoms with Gasteiger partial charge in [0, 0.05) is 39.5 Å². The van der Waals surface area contributed by atoms with Gasteiger partial charge in [-0.2, -0.15) is 0 Å². The molecular weight excluding hydrogens is 605 g/mol. The average Bonchev–Trinajstić information content (AvgIpc) is 3.56. The maximum atomic E-state index is 6.30. The summed E-state index contributed by atoms with van der Waals surface area (Å²) in [4.78, 5) is 2.44. The Labute approximate surface area is 297 Å². The number of allylic oxidation sites excluding steroid dienone is 6. The van der Waals surface area contributed by atoms with Gasteiger partial charge in [0.15, 0.2) is 0 Å². The molecule has 0 aliphatic heterocycles. The van der Waals surface area contributed by atoms with Crippen molar-refractivity contribution in [2.45, 2.75) is 46.1 Å². The van der Waals surface area contributed by atoms with E-state index in [9.17, 15) is 0 Å². The summed E-state index contributed by atoms with van der Waals surface area (Å²) in [6.45, 7) is 15.4. The third kappa shape index (κ3) is 5.54. The van der Waals surface area contributed by atoms with Crippen LogP contribution in [0.5, 0.6) is 0 Å². The molecule has 0 bridgehead atoms. The van der Waals surface area contributed by atoms with Crippen LogP contribution in [-0.4, -0.2) is 10.6 Å². The molecule has 244 valence electrons. The van der Waals surface area contributed by atoms with Crippen LogP contribution in [-0.2, 0) is 5.41 Å². The summed E-state index contributed by atoms with van der Waals surface area (Å²) in [5, 5.41) is 1.05. The zero-order valence-corrected chi connectivity index (χ0v) is 29.5. The van der Waals surface area contributed by atoms with Crippen molar-refractivity contribution in [3.63, 3.8) is 0 Å². The number of hydrogen-bond donors (Lipinski definition) is 0. The van der Waals surface area contributed by atoms with E-state index in [1.54, 1.807) is 0 Å².